The van der Waals surface area contributed by atoms with Crippen LogP contribution in [-0.2, 0) is 11.0 Å². The first-order valence-electron chi connectivity index (χ1n) is 9.85. The van der Waals surface area contributed by atoms with Gasteiger partial charge in [-0.3, -0.25) is 4.79 Å². The van der Waals surface area contributed by atoms with Crippen LogP contribution < -0.4 is 15.0 Å². The second-order valence-electron chi connectivity index (χ2n) is 7.52. The molecule has 31 heavy (non-hydrogen) atoms. The van der Waals surface area contributed by atoms with Gasteiger partial charge in [0.25, 0.3) is 5.95 Å². The van der Waals surface area contributed by atoms with Gasteiger partial charge in [0.2, 0.25) is 11.8 Å². The predicted octanol–water partition coefficient (Wildman–Crippen LogP) is 3.68. The van der Waals surface area contributed by atoms with Crippen molar-refractivity contribution in [2.45, 2.75) is 51.4 Å². The molecule has 1 fully saturated rings. The van der Waals surface area contributed by atoms with E-state index in [4.69, 9.17) is 4.74 Å². The van der Waals surface area contributed by atoms with Crippen LogP contribution in [0, 0.1) is 6.92 Å². The van der Waals surface area contributed by atoms with Crippen molar-refractivity contribution < 1.29 is 22.7 Å². The Morgan fingerprint density at radius 1 is 1.26 bits per heavy atom. The first kappa shape index (κ1) is 21.0. The maximum Gasteiger partial charge on any atom is 0.433 e. The number of amides is 1. The van der Waals surface area contributed by atoms with Crippen LogP contribution in [0.3, 0.4) is 0 Å². The molecule has 11 heteroatoms. The topological polar surface area (TPSA) is 92.6 Å². The Morgan fingerprint density at radius 3 is 2.68 bits per heavy atom. The van der Waals surface area contributed by atoms with Crippen LogP contribution in [-0.4, -0.2) is 45.8 Å². The molecule has 0 unspecified atom stereocenters. The summed E-state index contributed by atoms with van der Waals surface area (Å²) < 4.78 is 43.9. The van der Waals surface area contributed by atoms with E-state index >= 15 is 0 Å². The Kier molecular flexibility index (Phi) is 5.28. The van der Waals surface area contributed by atoms with E-state index in [2.05, 4.69) is 25.3 Å². The lowest BCUT2D eigenvalue weighted by Crippen LogP contribution is -2.46. The molecule has 0 saturated heterocycles. The SMILES string of the molecule is CC[C@H]1C(=O)Nc2c(C)nc(N=C3CC(Oc4cccc(C(F)(F)F)n4)C3)nc2N1C. The third kappa shape index (κ3) is 4.17. The van der Waals surface area contributed by atoms with Crippen LogP contribution in [0.2, 0.25) is 0 Å². The van der Waals surface area contributed by atoms with Gasteiger partial charge in [-0.1, -0.05) is 13.0 Å². The number of aromatic nitrogens is 3. The maximum absolute atomic E-state index is 12.8. The fraction of sp³-hybridized carbons (Fsp3) is 0.450. The molecule has 1 N–H and O–H groups in total. The molecule has 2 aliphatic rings. The van der Waals surface area contributed by atoms with Crippen LogP contribution in [0.25, 0.3) is 0 Å². The van der Waals surface area contributed by atoms with Gasteiger partial charge in [0, 0.05) is 31.7 Å². The molecule has 1 saturated carbocycles. The van der Waals surface area contributed by atoms with Gasteiger partial charge in [0.05, 0.1) is 5.69 Å². The van der Waals surface area contributed by atoms with Crippen molar-refractivity contribution in [2.24, 2.45) is 4.99 Å². The van der Waals surface area contributed by atoms with E-state index in [0.29, 0.717) is 36.5 Å². The largest absolute Gasteiger partial charge is 0.474 e. The number of likely N-dealkylation sites (N-methyl/N-ethyl adjacent to an activating group) is 1. The number of nitrogens with zero attached hydrogens (tertiary/aromatic N) is 5. The Morgan fingerprint density at radius 2 is 2.00 bits per heavy atom. The first-order valence-corrected chi connectivity index (χ1v) is 9.85. The number of carbonyl (C=O) groups is 1. The van der Waals surface area contributed by atoms with Gasteiger partial charge in [0.1, 0.15) is 23.5 Å². The maximum atomic E-state index is 12.8. The lowest BCUT2D eigenvalue weighted by molar-refractivity contribution is -0.141. The minimum atomic E-state index is -4.52. The molecule has 0 bridgehead atoms. The molecule has 0 spiro atoms. The number of ether oxygens (including phenoxy) is 1. The second kappa shape index (κ2) is 7.78. The number of carbonyl (C=O) groups excluding carboxylic acids is 1. The number of anilines is 2. The Bertz CT molecular complexity index is 1050. The number of fused-ring (bicyclic) bond motifs is 1. The summed E-state index contributed by atoms with van der Waals surface area (Å²) in [6, 6.07) is 3.25. The van der Waals surface area contributed by atoms with E-state index in [0.717, 1.165) is 11.8 Å². The van der Waals surface area contributed by atoms with Gasteiger partial charge in [-0.2, -0.15) is 18.2 Å². The van der Waals surface area contributed by atoms with E-state index < -0.39 is 11.9 Å². The minimum absolute atomic E-state index is 0.0669. The van der Waals surface area contributed by atoms with E-state index in [-0.39, 0.29) is 29.9 Å². The third-order valence-electron chi connectivity index (χ3n) is 5.28. The van der Waals surface area contributed by atoms with E-state index in [1.165, 1.54) is 12.1 Å². The van der Waals surface area contributed by atoms with Gasteiger partial charge in [-0.15, -0.1) is 0 Å². The normalized spacial score (nSPS) is 20.6. The van der Waals surface area contributed by atoms with Crippen molar-refractivity contribution in [3.8, 4) is 5.88 Å². The highest BCUT2D eigenvalue weighted by molar-refractivity contribution is 6.03. The highest BCUT2D eigenvalue weighted by atomic mass is 19.4. The molecule has 0 aromatic carbocycles. The lowest BCUT2D eigenvalue weighted by Gasteiger charge is -2.34. The molecule has 0 radical (unpaired) electrons. The number of hydrogen-bond acceptors (Lipinski definition) is 7. The van der Waals surface area contributed by atoms with Gasteiger partial charge in [-0.05, 0) is 19.4 Å². The highest BCUT2D eigenvalue weighted by Crippen LogP contribution is 2.34. The molecule has 3 heterocycles. The number of nitrogens with one attached hydrogen (secondary N) is 1. The zero-order valence-corrected chi connectivity index (χ0v) is 17.2. The summed E-state index contributed by atoms with van der Waals surface area (Å²) in [4.78, 5) is 30.9. The van der Waals surface area contributed by atoms with Crippen molar-refractivity contribution in [1.82, 2.24) is 15.0 Å². The van der Waals surface area contributed by atoms with E-state index in [9.17, 15) is 18.0 Å². The minimum Gasteiger partial charge on any atom is -0.474 e. The van der Waals surface area contributed by atoms with Crippen LogP contribution >= 0.6 is 0 Å². The monoisotopic (exact) mass is 434 g/mol. The number of rotatable bonds is 4. The van der Waals surface area contributed by atoms with Crippen molar-refractivity contribution in [3.63, 3.8) is 0 Å². The summed E-state index contributed by atoms with van der Waals surface area (Å²) in [7, 11) is 1.81. The van der Waals surface area contributed by atoms with Crippen LogP contribution in [0.4, 0.5) is 30.6 Å². The fourth-order valence-corrected chi connectivity index (χ4v) is 3.58. The second-order valence-corrected chi connectivity index (χ2v) is 7.52. The molecule has 1 amide bonds. The molecule has 8 nitrogen and oxygen atoms in total. The van der Waals surface area contributed by atoms with E-state index in [1.807, 2.05) is 18.9 Å². The Hall–Kier alpha value is -3.24. The van der Waals surface area contributed by atoms with E-state index in [1.54, 1.807) is 6.92 Å². The first-order chi connectivity index (χ1) is 14.7. The summed E-state index contributed by atoms with van der Waals surface area (Å²) >= 11 is 0. The summed E-state index contributed by atoms with van der Waals surface area (Å²) in [6.45, 7) is 3.70. The lowest BCUT2D eigenvalue weighted by atomic mass is 9.93. The van der Waals surface area contributed by atoms with Crippen molar-refractivity contribution in [1.29, 1.82) is 0 Å². The fourth-order valence-electron chi connectivity index (χ4n) is 3.58. The van der Waals surface area contributed by atoms with Crippen LogP contribution in [0.5, 0.6) is 5.88 Å². The van der Waals surface area contributed by atoms with Crippen LogP contribution in [0.15, 0.2) is 23.2 Å². The molecule has 2 aromatic heterocycles. The zero-order chi connectivity index (χ0) is 22.3. The standard InChI is InChI=1S/C20H21F3N6O2/c1-4-13-18(30)27-16-10(2)24-19(28-17(16)29(13)3)25-11-8-12(9-11)31-15-7-5-6-14(26-15)20(21,22)23/h5-7,12-13H,4,8-9H2,1-3H3,(H,27,30)/t12?,13-/m0/s1. The Labute approximate surface area is 176 Å². The summed E-state index contributed by atoms with van der Waals surface area (Å²) in [5, 5.41) is 2.86. The smallest absolute Gasteiger partial charge is 0.433 e. The predicted molar refractivity (Wildman–Crippen MR) is 108 cm³/mol. The number of pyridine rings is 1. The number of aliphatic imine (C=N–C) groups is 1. The molecule has 4 rings (SSSR count). The average Bonchev–Trinajstić information content (AvgIpc) is 2.67. The average molecular weight is 434 g/mol. The zero-order valence-electron chi connectivity index (χ0n) is 17.2. The third-order valence-corrected chi connectivity index (χ3v) is 5.28. The van der Waals surface area contributed by atoms with Gasteiger partial charge < -0.3 is 15.0 Å². The molecule has 164 valence electrons. The molecule has 1 aliphatic carbocycles. The number of aryl methyl sites for hydroxylation is 1. The molecule has 1 aliphatic heterocycles. The molecular weight excluding hydrogens is 413 g/mol. The highest BCUT2D eigenvalue weighted by Gasteiger charge is 2.34. The van der Waals surface area contributed by atoms with Crippen molar-refractivity contribution in [2.75, 3.05) is 17.3 Å². The van der Waals surface area contributed by atoms with Crippen molar-refractivity contribution in [3.05, 3.63) is 29.6 Å². The quantitative estimate of drug-likeness (QED) is 0.789. The van der Waals surface area contributed by atoms with Crippen molar-refractivity contribution >= 4 is 29.1 Å². The summed E-state index contributed by atoms with van der Waals surface area (Å²) in [5.74, 6) is 0.728. The van der Waals surface area contributed by atoms with Gasteiger partial charge in [0.15, 0.2) is 5.82 Å². The summed E-state index contributed by atoms with van der Waals surface area (Å²) in [6.07, 6.45) is -3.29. The Balaban J connectivity index is 1.46. The number of halogens is 3. The van der Waals surface area contributed by atoms with Gasteiger partial charge in [-0.25, -0.2) is 15.0 Å². The van der Waals surface area contributed by atoms with Crippen LogP contribution in [0.1, 0.15) is 37.6 Å². The molecule has 1 atom stereocenters. The molecular formula is C20H21F3N6O2. The van der Waals surface area contributed by atoms with Gasteiger partial charge >= 0.3 is 6.18 Å². The number of hydrogen-bond donors (Lipinski definition) is 1. The summed E-state index contributed by atoms with van der Waals surface area (Å²) in [5.41, 5.74) is 0.981. The number of alkyl halides is 3. The molecule has 2 aromatic rings.